The summed E-state index contributed by atoms with van der Waals surface area (Å²) in [5.74, 6) is 0. The molecule has 0 saturated heterocycles. The van der Waals surface area contributed by atoms with E-state index in [1.54, 1.807) is 11.8 Å². The Labute approximate surface area is 82.9 Å². The van der Waals surface area contributed by atoms with Gasteiger partial charge in [-0.2, -0.15) is 0 Å². The van der Waals surface area contributed by atoms with E-state index in [0.29, 0.717) is 5.25 Å². The molecular formula is C11H12OS. The van der Waals surface area contributed by atoms with Crippen molar-refractivity contribution in [2.45, 2.75) is 17.1 Å². The van der Waals surface area contributed by atoms with E-state index >= 15 is 0 Å². The minimum atomic E-state index is 0.405. The predicted molar refractivity (Wildman–Crippen MR) is 57.3 cm³/mol. The fourth-order valence-corrected chi connectivity index (χ4v) is 1.71. The Bertz CT molecular complexity index is 289. The third-order valence-electron chi connectivity index (χ3n) is 1.67. The Morgan fingerprint density at radius 1 is 1.38 bits per heavy atom. The van der Waals surface area contributed by atoms with Crippen molar-refractivity contribution < 1.29 is 4.79 Å². The molecule has 0 aliphatic heterocycles. The first-order valence-corrected chi connectivity index (χ1v) is 4.98. The Morgan fingerprint density at radius 3 is 2.46 bits per heavy atom. The third-order valence-corrected chi connectivity index (χ3v) is 2.78. The van der Waals surface area contributed by atoms with E-state index in [4.69, 9.17) is 0 Å². The van der Waals surface area contributed by atoms with Gasteiger partial charge in [0.05, 0.1) is 0 Å². The summed E-state index contributed by atoms with van der Waals surface area (Å²) in [7, 11) is 0. The van der Waals surface area contributed by atoms with Crippen molar-refractivity contribution in [1.82, 2.24) is 0 Å². The predicted octanol–water partition coefficient (Wildman–Crippen LogP) is 3.17. The first kappa shape index (κ1) is 10.1. The third kappa shape index (κ3) is 3.07. The number of carbonyl (C=O) groups is 1. The SMILES string of the molecule is C=CC(C)Sc1ccc(C=O)cc1. The molecule has 0 saturated carbocycles. The lowest BCUT2D eigenvalue weighted by atomic mass is 10.2. The van der Waals surface area contributed by atoms with Gasteiger partial charge in [-0.05, 0) is 19.1 Å². The Kier molecular flexibility index (Phi) is 3.77. The second-order valence-corrected chi connectivity index (χ2v) is 4.20. The average Bonchev–Trinajstić information content (AvgIpc) is 2.19. The summed E-state index contributed by atoms with van der Waals surface area (Å²) in [4.78, 5) is 11.5. The second kappa shape index (κ2) is 4.87. The molecule has 2 heteroatoms. The van der Waals surface area contributed by atoms with Crippen LogP contribution in [0.3, 0.4) is 0 Å². The van der Waals surface area contributed by atoms with Crippen molar-refractivity contribution in [3.8, 4) is 0 Å². The molecule has 1 rings (SSSR count). The van der Waals surface area contributed by atoms with Gasteiger partial charge in [-0.3, -0.25) is 4.79 Å². The molecule has 0 fully saturated rings. The molecule has 1 aromatic rings. The number of benzene rings is 1. The molecule has 0 aromatic heterocycles. The minimum absolute atomic E-state index is 0.405. The molecule has 68 valence electrons. The molecule has 1 unspecified atom stereocenters. The molecule has 0 radical (unpaired) electrons. The summed E-state index contributed by atoms with van der Waals surface area (Å²) >= 11 is 1.73. The number of thioether (sulfide) groups is 1. The summed E-state index contributed by atoms with van der Waals surface area (Å²) in [5.41, 5.74) is 0.718. The van der Waals surface area contributed by atoms with Crippen molar-refractivity contribution in [2.24, 2.45) is 0 Å². The highest BCUT2D eigenvalue weighted by Gasteiger charge is 1.98. The Balaban J connectivity index is 2.69. The smallest absolute Gasteiger partial charge is 0.150 e. The molecule has 0 spiro atoms. The number of carbonyl (C=O) groups excluding carboxylic acids is 1. The number of rotatable bonds is 4. The molecular weight excluding hydrogens is 180 g/mol. The summed E-state index contributed by atoms with van der Waals surface area (Å²) in [6, 6.07) is 7.55. The van der Waals surface area contributed by atoms with Crippen LogP contribution in [0.15, 0.2) is 41.8 Å². The Morgan fingerprint density at radius 2 is 2.00 bits per heavy atom. The van der Waals surface area contributed by atoms with Crippen LogP contribution in [0.5, 0.6) is 0 Å². The van der Waals surface area contributed by atoms with E-state index in [1.165, 1.54) is 0 Å². The fourth-order valence-electron chi connectivity index (χ4n) is 0.888. The lowest BCUT2D eigenvalue weighted by Gasteiger charge is -2.04. The lowest BCUT2D eigenvalue weighted by Crippen LogP contribution is -1.88. The van der Waals surface area contributed by atoms with Crippen LogP contribution in [0.2, 0.25) is 0 Å². The molecule has 0 aliphatic carbocycles. The zero-order valence-electron chi connectivity index (χ0n) is 7.57. The van der Waals surface area contributed by atoms with Crippen molar-refractivity contribution >= 4 is 18.0 Å². The van der Waals surface area contributed by atoms with Gasteiger partial charge in [0.15, 0.2) is 0 Å². The van der Waals surface area contributed by atoms with Crippen LogP contribution in [0.1, 0.15) is 17.3 Å². The van der Waals surface area contributed by atoms with E-state index in [1.807, 2.05) is 30.3 Å². The van der Waals surface area contributed by atoms with E-state index in [0.717, 1.165) is 16.7 Å². The zero-order chi connectivity index (χ0) is 9.68. The van der Waals surface area contributed by atoms with E-state index < -0.39 is 0 Å². The first-order valence-electron chi connectivity index (χ1n) is 4.10. The second-order valence-electron chi connectivity index (χ2n) is 2.75. The molecule has 0 bridgehead atoms. The topological polar surface area (TPSA) is 17.1 Å². The molecule has 0 N–H and O–H groups in total. The first-order chi connectivity index (χ1) is 6.26. The van der Waals surface area contributed by atoms with Crippen LogP contribution in [-0.4, -0.2) is 11.5 Å². The van der Waals surface area contributed by atoms with Crippen molar-refractivity contribution in [1.29, 1.82) is 0 Å². The van der Waals surface area contributed by atoms with Gasteiger partial charge in [0, 0.05) is 15.7 Å². The zero-order valence-corrected chi connectivity index (χ0v) is 8.38. The maximum atomic E-state index is 10.4. The molecule has 0 heterocycles. The van der Waals surface area contributed by atoms with Gasteiger partial charge in [0.2, 0.25) is 0 Å². The van der Waals surface area contributed by atoms with Crippen LogP contribution < -0.4 is 0 Å². The Hall–Kier alpha value is -1.02. The lowest BCUT2D eigenvalue weighted by molar-refractivity contribution is 0.112. The summed E-state index contributed by atoms with van der Waals surface area (Å²) in [6.07, 6.45) is 2.75. The highest BCUT2D eigenvalue weighted by molar-refractivity contribution is 8.00. The van der Waals surface area contributed by atoms with Gasteiger partial charge in [-0.15, -0.1) is 18.3 Å². The largest absolute Gasteiger partial charge is 0.298 e. The van der Waals surface area contributed by atoms with Gasteiger partial charge >= 0.3 is 0 Å². The van der Waals surface area contributed by atoms with Crippen molar-refractivity contribution in [3.05, 3.63) is 42.5 Å². The number of aldehydes is 1. The molecule has 1 aromatic carbocycles. The van der Waals surface area contributed by atoms with E-state index in [-0.39, 0.29) is 0 Å². The van der Waals surface area contributed by atoms with Gasteiger partial charge in [-0.25, -0.2) is 0 Å². The molecule has 0 amide bonds. The quantitative estimate of drug-likeness (QED) is 0.414. The van der Waals surface area contributed by atoms with Gasteiger partial charge in [0.1, 0.15) is 6.29 Å². The van der Waals surface area contributed by atoms with Crippen LogP contribution in [0.25, 0.3) is 0 Å². The van der Waals surface area contributed by atoms with Gasteiger partial charge in [0.25, 0.3) is 0 Å². The van der Waals surface area contributed by atoms with Gasteiger partial charge < -0.3 is 0 Å². The van der Waals surface area contributed by atoms with Crippen LogP contribution in [0, 0.1) is 0 Å². The maximum absolute atomic E-state index is 10.4. The van der Waals surface area contributed by atoms with Crippen LogP contribution in [-0.2, 0) is 0 Å². The van der Waals surface area contributed by atoms with E-state index in [2.05, 4.69) is 13.5 Å². The summed E-state index contributed by atoms with van der Waals surface area (Å²) < 4.78 is 0. The van der Waals surface area contributed by atoms with E-state index in [9.17, 15) is 4.79 Å². The van der Waals surface area contributed by atoms with Crippen molar-refractivity contribution in [3.63, 3.8) is 0 Å². The monoisotopic (exact) mass is 192 g/mol. The summed E-state index contributed by atoms with van der Waals surface area (Å²) in [5, 5.41) is 0.405. The number of hydrogen-bond donors (Lipinski definition) is 0. The minimum Gasteiger partial charge on any atom is -0.298 e. The highest BCUT2D eigenvalue weighted by Crippen LogP contribution is 2.23. The molecule has 1 nitrogen and oxygen atoms in total. The fraction of sp³-hybridized carbons (Fsp3) is 0.182. The standard InChI is InChI=1S/C11H12OS/c1-3-9(2)13-11-6-4-10(8-12)5-7-11/h3-9H,1H2,2H3. The highest BCUT2D eigenvalue weighted by atomic mass is 32.2. The normalized spacial score (nSPS) is 12.1. The molecule has 13 heavy (non-hydrogen) atoms. The van der Waals surface area contributed by atoms with Crippen LogP contribution in [0.4, 0.5) is 0 Å². The van der Waals surface area contributed by atoms with Gasteiger partial charge in [-0.1, -0.05) is 18.2 Å². The average molecular weight is 192 g/mol. The van der Waals surface area contributed by atoms with Crippen molar-refractivity contribution in [2.75, 3.05) is 0 Å². The van der Waals surface area contributed by atoms with Crippen LogP contribution >= 0.6 is 11.8 Å². The maximum Gasteiger partial charge on any atom is 0.150 e. The molecule has 0 aliphatic rings. The molecule has 1 atom stereocenters. The number of hydrogen-bond acceptors (Lipinski definition) is 2. The summed E-state index contributed by atoms with van der Waals surface area (Å²) in [6.45, 7) is 5.80.